The molecule has 0 amide bonds. The van der Waals surface area contributed by atoms with Crippen molar-refractivity contribution in [2.45, 2.75) is 29.1 Å². The molecule has 0 fully saturated rings. The van der Waals surface area contributed by atoms with E-state index in [1.807, 2.05) is 12.1 Å². The molecule has 3 rings (SSSR count). The molecule has 0 bridgehead atoms. The molecule has 0 atom stereocenters. The number of aryl methyl sites for hydroxylation is 2. The van der Waals surface area contributed by atoms with Crippen LogP contribution in [0.3, 0.4) is 0 Å². The summed E-state index contributed by atoms with van der Waals surface area (Å²) in [5.41, 5.74) is 3.03. The first-order chi connectivity index (χ1) is 8.31. The summed E-state index contributed by atoms with van der Waals surface area (Å²) in [6, 6.07) is 10.7. The molecule has 2 aromatic rings. The van der Waals surface area contributed by atoms with E-state index in [4.69, 9.17) is 11.6 Å². The van der Waals surface area contributed by atoms with E-state index >= 15 is 0 Å². The minimum atomic E-state index is 0.552. The van der Waals surface area contributed by atoms with Crippen molar-refractivity contribution >= 4 is 23.4 Å². The standard InChI is InChI=1S/C14H12ClNS/c15-14-9-13(6-7-16-14)17-12-5-4-10-2-1-3-11(10)8-12/h4-9H,1-3H2. The van der Waals surface area contributed by atoms with E-state index in [1.165, 1.54) is 35.3 Å². The normalized spacial score (nSPS) is 13.7. The minimum absolute atomic E-state index is 0.552. The molecular formula is C14H12ClNS. The van der Waals surface area contributed by atoms with Crippen molar-refractivity contribution in [1.82, 2.24) is 4.98 Å². The number of nitrogens with zero attached hydrogens (tertiary/aromatic N) is 1. The Kier molecular flexibility index (Phi) is 3.08. The third kappa shape index (κ3) is 2.48. The number of aromatic nitrogens is 1. The number of halogens is 1. The summed E-state index contributed by atoms with van der Waals surface area (Å²) >= 11 is 7.62. The lowest BCUT2D eigenvalue weighted by atomic mass is 10.1. The van der Waals surface area contributed by atoms with Crippen LogP contribution in [0.2, 0.25) is 5.15 Å². The number of pyridine rings is 1. The van der Waals surface area contributed by atoms with Crippen molar-refractivity contribution in [1.29, 1.82) is 0 Å². The average Bonchev–Trinajstić information content (AvgIpc) is 2.76. The van der Waals surface area contributed by atoms with Crippen molar-refractivity contribution in [2.24, 2.45) is 0 Å². The second kappa shape index (κ2) is 4.71. The molecule has 1 nitrogen and oxygen atoms in total. The topological polar surface area (TPSA) is 12.9 Å². The van der Waals surface area contributed by atoms with Gasteiger partial charge in [-0.2, -0.15) is 0 Å². The van der Waals surface area contributed by atoms with Gasteiger partial charge in [-0.3, -0.25) is 0 Å². The zero-order valence-corrected chi connectivity index (χ0v) is 10.9. The maximum Gasteiger partial charge on any atom is 0.130 e. The first kappa shape index (κ1) is 11.1. The smallest absolute Gasteiger partial charge is 0.130 e. The third-order valence-corrected chi connectivity index (χ3v) is 4.19. The second-order valence-electron chi connectivity index (χ2n) is 4.20. The van der Waals surface area contributed by atoms with E-state index in [9.17, 15) is 0 Å². The molecule has 0 N–H and O–H groups in total. The molecule has 0 spiro atoms. The monoisotopic (exact) mass is 261 g/mol. The molecule has 0 radical (unpaired) electrons. The largest absolute Gasteiger partial charge is 0.244 e. The average molecular weight is 262 g/mol. The summed E-state index contributed by atoms with van der Waals surface area (Å²) in [6.07, 6.45) is 5.50. The Morgan fingerprint density at radius 1 is 1.00 bits per heavy atom. The second-order valence-corrected chi connectivity index (χ2v) is 5.73. The highest BCUT2D eigenvalue weighted by Crippen LogP contribution is 2.32. The number of fused-ring (bicyclic) bond motifs is 1. The van der Waals surface area contributed by atoms with Gasteiger partial charge in [-0.1, -0.05) is 29.4 Å². The zero-order chi connectivity index (χ0) is 11.7. The minimum Gasteiger partial charge on any atom is -0.244 e. The fourth-order valence-corrected chi connectivity index (χ4v) is 3.34. The van der Waals surface area contributed by atoms with E-state index in [0.29, 0.717) is 5.15 Å². The van der Waals surface area contributed by atoms with Gasteiger partial charge in [-0.05, 0) is 54.7 Å². The lowest BCUT2D eigenvalue weighted by Crippen LogP contribution is -1.83. The number of benzene rings is 1. The van der Waals surface area contributed by atoms with Crippen molar-refractivity contribution in [3.05, 3.63) is 52.8 Å². The summed E-state index contributed by atoms with van der Waals surface area (Å²) in [7, 11) is 0. The van der Waals surface area contributed by atoms with Crippen LogP contribution in [0.5, 0.6) is 0 Å². The maximum absolute atomic E-state index is 5.88. The van der Waals surface area contributed by atoms with Crippen LogP contribution in [0.4, 0.5) is 0 Å². The van der Waals surface area contributed by atoms with Gasteiger partial charge >= 0.3 is 0 Å². The van der Waals surface area contributed by atoms with Gasteiger partial charge in [0.25, 0.3) is 0 Å². The fraction of sp³-hybridized carbons (Fsp3) is 0.214. The molecule has 0 unspecified atom stereocenters. The first-order valence-electron chi connectivity index (χ1n) is 5.72. The Bertz CT molecular complexity index is 554. The SMILES string of the molecule is Clc1cc(Sc2ccc3c(c2)CCC3)ccn1. The molecule has 1 heterocycles. The van der Waals surface area contributed by atoms with Crippen LogP contribution in [-0.4, -0.2) is 4.98 Å². The fourth-order valence-electron chi connectivity index (χ4n) is 2.20. The van der Waals surface area contributed by atoms with Gasteiger partial charge in [0, 0.05) is 16.0 Å². The van der Waals surface area contributed by atoms with Crippen LogP contribution < -0.4 is 0 Å². The number of hydrogen-bond acceptors (Lipinski definition) is 2. The molecule has 1 aliphatic rings. The first-order valence-corrected chi connectivity index (χ1v) is 6.92. The van der Waals surface area contributed by atoms with Crippen LogP contribution in [0, 0.1) is 0 Å². The van der Waals surface area contributed by atoms with Gasteiger partial charge in [0.05, 0.1) is 0 Å². The van der Waals surface area contributed by atoms with Crippen molar-refractivity contribution in [3.8, 4) is 0 Å². The van der Waals surface area contributed by atoms with Crippen LogP contribution in [0.1, 0.15) is 17.5 Å². The summed E-state index contributed by atoms with van der Waals surface area (Å²) in [6.45, 7) is 0. The van der Waals surface area contributed by atoms with E-state index in [2.05, 4.69) is 23.2 Å². The highest BCUT2D eigenvalue weighted by atomic mass is 35.5. The van der Waals surface area contributed by atoms with E-state index < -0.39 is 0 Å². The molecule has 17 heavy (non-hydrogen) atoms. The number of hydrogen-bond donors (Lipinski definition) is 0. The number of rotatable bonds is 2. The molecule has 1 aliphatic carbocycles. The molecule has 1 aromatic carbocycles. The maximum atomic E-state index is 5.88. The van der Waals surface area contributed by atoms with Gasteiger partial charge in [0.1, 0.15) is 5.15 Å². The molecule has 86 valence electrons. The van der Waals surface area contributed by atoms with Crippen LogP contribution >= 0.6 is 23.4 Å². The van der Waals surface area contributed by atoms with Gasteiger partial charge in [-0.15, -0.1) is 0 Å². The summed E-state index contributed by atoms with van der Waals surface area (Å²) < 4.78 is 0. The Morgan fingerprint density at radius 3 is 2.71 bits per heavy atom. The Morgan fingerprint density at radius 2 is 1.82 bits per heavy atom. The lowest BCUT2D eigenvalue weighted by Gasteiger charge is -2.04. The molecule has 3 heteroatoms. The predicted octanol–water partition coefficient (Wildman–Crippen LogP) is 4.37. The van der Waals surface area contributed by atoms with Gasteiger partial charge in [-0.25, -0.2) is 4.98 Å². The third-order valence-electron chi connectivity index (χ3n) is 3.00. The van der Waals surface area contributed by atoms with E-state index in [-0.39, 0.29) is 0 Å². The molecular weight excluding hydrogens is 250 g/mol. The van der Waals surface area contributed by atoms with E-state index in [1.54, 1.807) is 18.0 Å². The van der Waals surface area contributed by atoms with Gasteiger partial charge in [0.15, 0.2) is 0 Å². The van der Waals surface area contributed by atoms with Crippen molar-refractivity contribution in [2.75, 3.05) is 0 Å². The summed E-state index contributed by atoms with van der Waals surface area (Å²) in [5.74, 6) is 0. The zero-order valence-electron chi connectivity index (χ0n) is 9.32. The highest BCUT2D eigenvalue weighted by Gasteiger charge is 2.11. The molecule has 0 saturated carbocycles. The molecule has 1 aromatic heterocycles. The van der Waals surface area contributed by atoms with Gasteiger partial charge in [0.2, 0.25) is 0 Å². The van der Waals surface area contributed by atoms with Crippen LogP contribution in [-0.2, 0) is 12.8 Å². The predicted molar refractivity (Wildman–Crippen MR) is 71.8 cm³/mol. The molecule has 0 aliphatic heterocycles. The van der Waals surface area contributed by atoms with Crippen molar-refractivity contribution < 1.29 is 0 Å². The summed E-state index contributed by atoms with van der Waals surface area (Å²) in [4.78, 5) is 6.42. The van der Waals surface area contributed by atoms with Gasteiger partial charge < -0.3 is 0 Å². The lowest BCUT2D eigenvalue weighted by molar-refractivity contribution is 0.911. The molecule has 0 saturated heterocycles. The quantitative estimate of drug-likeness (QED) is 0.745. The Hall–Kier alpha value is -0.990. The Balaban J connectivity index is 1.86. The van der Waals surface area contributed by atoms with Crippen LogP contribution in [0.15, 0.2) is 46.3 Å². The van der Waals surface area contributed by atoms with Crippen molar-refractivity contribution in [3.63, 3.8) is 0 Å². The highest BCUT2D eigenvalue weighted by molar-refractivity contribution is 7.99. The summed E-state index contributed by atoms with van der Waals surface area (Å²) in [5, 5.41) is 0.552. The Labute approximate surface area is 110 Å². The van der Waals surface area contributed by atoms with Crippen LogP contribution in [0.25, 0.3) is 0 Å². The van der Waals surface area contributed by atoms with E-state index in [0.717, 1.165) is 4.90 Å².